The number of nitrogens with one attached hydrogen (secondary N) is 1. The van der Waals surface area contributed by atoms with Gasteiger partial charge in [-0.05, 0) is 39.3 Å². The van der Waals surface area contributed by atoms with Crippen molar-refractivity contribution in [1.29, 1.82) is 0 Å². The minimum atomic E-state index is -3.25. The van der Waals surface area contributed by atoms with Gasteiger partial charge in [0.05, 0.1) is 10.9 Å². The molecule has 7 heteroatoms. The second kappa shape index (κ2) is 6.85. The predicted molar refractivity (Wildman–Crippen MR) is 88.0 cm³/mol. The molecule has 120 valence electrons. The molecule has 0 amide bonds. The molecular weight excluding hydrogens is 323 g/mol. The van der Waals surface area contributed by atoms with Gasteiger partial charge in [0.25, 0.3) is 0 Å². The number of nitrogens with zero attached hydrogens (tertiary/aromatic N) is 1. The van der Waals surface area contributed by atoms with Gasteiger partial charge in [-0.3, -0.25) is 0 Å². The van der Waals surface area contributed by atoms with Crippen LogP contribution in [0.25, 0.3) is 10.6 Å². The van der Waals surface area contributed by atoms with Crippen molar-refractivity contribution in [3.05, 3.63) is 40.7 Å². The molecular formula is C15H19FN2O2S2. The first-order valence-electron chi connectivity index (χ1n) is 7.00. The Morgan fingerprint density at radius 1 is 1.36 bits per heavy atom. The SMILES string of the molecule is Cc1nc(-c2cccc(F)c2)sc1CCNS(=O)(=O)C(C)C. The van der Waals surface area contributed by atoms with E-state index in [0.717, 1.165) is 21.1 Å². The van der Waals surface area contributed by atoms with Gasteiger partial charge in [0, 0.05) is 17.0 Å². The van der Waals surface area contributed by atoms with Crippen molar-refractivity contribution in [1.82, 2.24) is 9.71 Å². The largest absolute Gasteiger partial charge is 0.241 e. The molecule has 2 aromatic rings. The number of halogens is 1. The molecule has 1 N–H and O–H groups in total. The van der Waals surface area contributed by atoms with Crippen LogP contribution in [-0.2, 0) is 16.4 Å². The molecule has 0 atom stereocenters. The normalized spacial score (nSPS) is 12.0. The predicted octanol–water partition coefficient (Wildman–Crippen LogP) is 3.13. The molecule has 4 nitrogen and oxygen atoms in total. The van der Waals surface area contributed by atoms with Gasteiger partial charge in [-0.1, -0.05) is 12.1 Å². The summed E-state index contributed by atoms with van der Waals surface area (Å²) in [6, 6.07) is 6.31. The van der Waals surface area contributed by atoms with Crippen LogP contribution in [0.15, 0.2) is 24.3 Å². The lowest BCUT2D eigenvalue weighted by molar-refractivity contribution is 0.572. The van der Waals surface area contributed by atoms with E-state index in [1.165, 1.54) is 23.5 Å². The third kappa shape index (κ3) is 4.12. The summed E-state index contributed by atoms with van der Waals surface area (Å²) < 4.78 is 39.3. The topological polar surface area (TPSA) is 59.1 Å². The zero-order valence-electron chi connectivity index (χ0n) is 12.8. The Bertz CT molecular complexity index is 755. The maximum atomic E-state index is 13.3. The number of benzene rings is 1. The Hall–Kier alpha value is -1.31. The van der Waals surface area contributed by atoms with Crippen LogP contribution < -0.4 is 4.72 Å². The molecule has 0 radical (unpaired) electrons. The lowest BCUT2D eigenvalue weighted by Gasteiger charge is -2.08. The molecule has 0 saturated heterocycles. The van der Waals surface area contributed by atoms with Crippen LogP contribution in [-0.4, -0.2) is 25.2 Å². The van der Waals surface area contributed by atoms with Crippen LogP contribution in [0.3, 0.4) is 0 Å². The van der Waals surface area contributed by atoms with Crippen LogP contribution in [0.5, 0.6) is 0 Å². The first-order chi connectivity index (χ1) is 10.3. The Morgan fingerprint density at radius 2 is 2.09 bits per heavy atom. The van der Waals surface area contributed by atoms with Crippen LogP contribution in [0, 0.1) is 12.7 Å². The Balaban J connectivity index is 2.08. The molecule has 0 aliphatic rings. The van der Waals surface area contributed by atoms with Gasteiger partial charge in [-0.15, -0.1) is 11.3 Å². The Labute approximate surface area is 134 Å². The van der Waals surface area contributed by atoms with Crippen LogP contribution >= 0.6 is 11.3 Å². The summed E-state index contributed by atoms with van der Waals surface area (Å²) in [6.07, 6.45) is 0.574. The summed E-state index contributed by atoms with van der Waals surface area (Å²) in [5, 5.41) is 0.302. The molecule has 1 aromatic heterocycles. The summed E-state index contributed by atoms with van der Waals surface area (Å²) in [5.41, 5.74) is 1.59. The summed E-state index contributed by atoms with van der Waals surface area (Å²) in [6.45, 7) is 5.50. The average molecular weight is 342 g/mol. The van der Waals surface area contributed by atoms with E-state index in [9.17, 15) is 12.8 Å². The van der Waals surface area contributed by atoms with Gasteiger partial charge in [0.2, 0.25) is 10.0 Å². The molecule has 0 spiro atoms. The summed E-state index contributed by atoms with van der Waals surface area (Å²) >= 11 is 1.47. The van der Waals surface area contributed by atoms with Gasteiger partial charge >= 0.3 is 0 Å². The molecule has 22 heavy (non-hydrogen) atoms. The van der Waals surface area contributed by atoms with Crippen molar-refractivity contribution in [2.24, 2.45) is 0 Å². The minimum absolute atomic E-state index is 0.295. The smallest absolute Gasteiger partial charge is 0.213 e. The van der Waals surface area contributed by atoms with Crippen molar-refractivity contribution in [3.63, 3.8) is 0 Å². The fourth-order valence-electron chi connectivity index (χ4n) is 1.88. The highest BCUT2D eigenvalue weighted by atomic mass is 32.2. The molecule has 0 fully saturated rings. The molecule has 0 aliphatic carbocycles. The Kier molecular flexibility index (Phi) is 5.31. The van der Waals surface area contributed by atoms with E-state index in [1.54, 1.807) is 19.9 Å². The quantitative estimate of drug-likeness (QED) is 0.877. The maximum Gasteiger partial charge on any atom is 0.213 e. The van der Waals surface area contributed by atoms with Gasteiger partial charge in [0.1, 0.15) is 10.8 Å². The summed E-state index contributed by atoms with van der Waals surface area (Å²) in [7, 11) is -3.25. The highest BCUT2D eigenvalue weighted by Gasteiger charge is 2.16. The van der Waals surface area contributed by atoms with Crippen LogP contribution in [0.4, 0.5) is 4.39 Å². The van der Waals surface area contributed by atoms with E-state index in [2.05, 4.69) is 9.71 Å². The second-order valence-corrected chi connectivity index (χ2v) is 8.68. The van der Waals surface area contributed by atoms with Crippen molar-refractivity contribution >= 4 is 21.4 Å². The van der Waals surface area contributed by atoms with Crippen molar-refractivity contribution in [2.45, 2.75) is 32.4 Å². The van der Waals surface area contributed by atoms with Crippen molar-refractivity contribution < 1.29 is 12.8 Å². The number of sulfonamides is 1. The number of thiazole rings is 1. The standard InChI is InChI=1S/C15H19FN2O2S2/c1-10(2)22(19,20)17-8-7-14-11(3)18-15(21-14)12-5-4-6-13(16)9-12/h4-6,9-10,17H,7-8H2,1-3H3. The number of hydrogen-bond acceptors (Lipinski definition) is 4. The first kappa shape index (κ1) is 17.1. The van der Waals surface area contributed by atoms with E-state index in [-0.39, 0.29) is 5.82 Å². The van der Waals surface area contributed by atoms with Crippen molar-refractivity contribution in [2.75, 3.05) is 6.54 Å². The second-order valence-electron chi connectivity index (χ2n) is 5.28. The minimum Gasteiger partial charge on any atom is -0.241 e. The highest BCUT2D eigenvalue weighted by molar-refractivity contribution is 7.90. The molecule has 1 aromatic carbocycles. The average Bonchev–Trinajstić information content (AvgIpc) is 2.80. The molecule has 0 saturated carbocycles. The van der Waals surface area contributed by atoms with Gasteiger partial charge in [-0.25, -0.2) is 22.5 Å². The van der Waals surface area contributed by atoms with Crippen LogP contribution in [0.1, 0.15) is 24.4 Å². The third-order valence-corrected chi connectivity index (χ3v) is 6.35. The van der Waals surface area contributed by atoms with E-state index in [1.807, 2.05) is 13.0 Å². The lowest BCUT2D eigenvalue weighted by Crippen LogP contribution is -2.32. The number of aryl methyl sites for hydroxylation is 1. The maximum absolute atomic E-state index is 13.3. The van der Waals surface area contributed by atoms with E-state index in [4.69, 9.17) is 0 Å². The number of hydrogen-bond donors (Lipinski definition) is 1. The van der Waals surface area contributed by atoms with E-state index in [0.29, 0.717) is 13.0 Å². The van der Waals surface area contributed by atoms with Crippen LogP contribution in [0.2, 0.25) is 0 Å². The molecule has 2 rings (SSSR count). The number of aromatic nitrogens is 1. The molecule has 0 aliphatic heterocycles. The van der Waals surface area contributed by atoms with E-state index >= 15 is 0 Å². The molecule has 1 heterocycles. The third-order valence-electron chi connectivity index (χ3n) is 3.24. The fourth-order valence-corrected chi connectivity index (χ4v) is 3.66. The molecule has 0 bridgehead atoms. The van der Waals surface area contributed by atoms with Gasteiger partial charge < -0.3 is 0 Å². The first-order valence-corrected chi connectivity index (χ1v) is 9.36. The van der Waals surface area contributed by atoms with Gasteiger partial charge in [0.15, 0.2) is 0 Å². The van der Waals surface area contributed by atoms with Gasteiger partial charge in [-0.2, -0.15) is 0 Å². The zero-order chi connectivity index (χ0) is 16.3. The fraction of sp³-hybridized carbons (Fsp3) is 0.400. The highest BCUT2D eigenvalue weighted by Crippen LogP contribution is 2.28. The lowest BCUT2D eigenvalue weighted by atomic mass is 10.2. The summed E-state index contributed by atoms with van der Waals surface area (Å²) in [4.78, 5) is 5.45. The number of rotatable bonds is 6. The van der Waals surface area contributed by atoms with Crippen molar-refractivity contribution in [3.8, 4) is 10.6 Å². The monoisotopic (exact) mass is 342 g/mol. The Morgan fingerprint density at radius 3 is 2.73 bits per heavy atom. The molecule has 0 unspecified atom stereocenters. The van der Waals surface area contributed by atoms with E-state index < -0.39 is 15.3 Å². The zero-order valence-corrected chi connectivity index (χ0v) is 14.4. The summed E-state index contributed by atoms with van der Waals surface area (Å²) in [5.74, 6) is -0.295.